The third-order valence-electron chi connectivity index (χ3n) is 2.07. The lowest BCUT2D eigenvalue weighted by Gasteiger charge is -2.03. The lowest BCUT2D eigenvalue weighted by Crippen LogP contribution is -2.13. The van der Waals surface area contributed by atoms with Crippen molar-refractivity contribution in [1.29, 1.82) is 0 Å². The van der Waals surface area contributed by atoms with Crippen LogP contribution in [0.15, 0.2) is 24.5 Å². The van der Waals surface area contributed by atoms with Crippen LogP contribution >= 0.6 is 0 Å². The first kappa shape index (κ1) is 10.2. The molecule has 0 bridgehead atoms. The molecule has 0 aromatic carbocycles. The highest BCUT2D eigenvalue weighted by Crippen LogP contribution is 2.10. The third-order valence-corrected chi connectivity index (χ3v) is 2.07. The van der Waals surface area contributed by atoms with Crippen molar-refractivity contribution in [2.45, 2.75) is 6.92 Å². The minimum absolute atomic E-state index is 0.240. The Bertz CT molecular complexity index is 502. The first-order valence-electron chi connectivity index (χ1n) is 4.69. The van der Waals surface area contributed by atoms with E-state index in [1.807, 2.05) is 13.0 Å². The van der Waals surface area contributed by atoms with Gasteiger partial charge in [0, 0.05) is 6.20 Å². The van der Waals surface area contributed by atoms with Crippen molar-refractivity contribution in [1.82, 2.24) is 15.2 Å². The van der Waals surface area contributed by atoms with Crippen LogP contribution in [0.25, 0.3) is 0 Å². The Morgan fingerprint density at radius 1 is 1.44 bits per heavy atom. The number of hydrogen-bond acceptors (Lipinski definition) is 4. The number of carbonyl (C=O) groups is 1. The largest absolute Gasteiger partial charge is 0.383 e. The summed E-state index contributed by atoms with van der Waals surface area (Å²) in [4.78, 5) is 15.7. The Balaban J connectivity index is 2.14. The molecule has 2 aromatic heterocycles. The standard InChI is InChI=1S/C10H11N5O/c1-6-2-3-8(12-4-6)14-10(16)7-5-13-15-9(7)11/h2-5H,1H3,(H3,11,13,15)(H,12,14,16). The first-order valence-corrected chi connectivity index (χ1v) is 4.69. The van der Waals surface area contributed by atoms with E-state index in [0.717, 1.165) is 5.56 Å². The third kappa shape index (κ3) is 2.00. The molecule has 2 rings (SSSR count). The minimum Gasteiger partial charge on any atom is -0.383 e. The number of anilines is 2. The van der Waals surface area contributed by atoms with Crippen LogP contribution < -0.4 is 11.1 Å². The van der Waals surface area contributed by atoms with Gasteiger partial charge in [0.2, 0.25) is 0 Å². The van der Waals surface area contributed by atoms with E-state index in [-0.39, 0.29) is 11.7 Å². The topological polar surface area (TPSA) is 96.7 Å². The van der Waals surface area contributed by atoms with E-state index in [9.17, 15) is 4.79 Å². The van der Waals surface area contributed by atoms with Gasteiger partial charge in [-0.3, -0.25) is 9.89 Å². The van der Waals surface area contributed by atoms with Gasteiger partial charge in [-0.25, -0.2) is 4.98 Å². The Hall–Kier alpha value is -2.37. The minimum atomic E-state index is -0.331. The number of aromatic nitrogens is 3. The Morgan fingerprint density at radius 2 is 2.25 bits per heavy atom. The van der Waals surface area contributed by atoms with E-state index in [1.54, 1.807) is 12.3 Å². The number of pyridine rings is 1. The van der Waals surface area contributed by atoms with Gasteiger partial charge in [-0.1, -0.05) is 6.07 Å². The summed E-state index contributed by atoms with van der Waals surface area (Å²) in [5, 5.41) is 8.78. The second kappa shape index (κ2) is 4.01. The molecule has 0 aliphatic heterocycles. The van der Waals surface area contributed by atoms with E-state index in [2.05, 4.69) is 20.5 Å². The molecule has 16 heavy (non-hydrogen) atoms. The Kier molecular flexibility index (Phi) is 2.55. The maximum atomic E-state index is 11.7. The molecule has 0 unspecified atom stereocenters. The molecule has 1 amide bonds. The van der Waals surface area contributed by atoms with Crippen molar-refractivity contribution in [2.24, 2.45) is 0 Å². The zero-order chi connectivity index (χ0) is 11.5. The lowest BCUT2D eigenvalue weighted by molar-refractivity contribution is 0.102. The van der Waals surface area contributed by atoms with Crippen LogP contribution in [0.3, 0.4) is 0 Å². The summed E-state index contributed by atoms with van der Waals surface area (Å²) >= 11 is 0. The van der Waals surface area contributed by atoms with Crippen molar-refractivity contribution >= 4 is 17.5 Å². The summed E-state index contributed by atoms with van der Waals surface area (Å²) in [5.41, 5.74) is 6.86. The molecule has 0 aliphatic rings. The number of amides is 1. The number of nitrogen functional groups attached to an aromatic ring is 1. The smallest absolute Gasteiger partial charge is 0.262 e. The van der Waals surface area contributed by atoms with E-state index in [1.165, 1.54) is 6.20 Å². The summed E-state index contributed by atoms with van der Waals surface area (Å²) in [6.07, 6.45) is 3.05. The molecule has 82 valence electrons. The zero-order valence-corrected chi connectivity index (χ0v) is 8.69. The van der Waals surface area contributed by atoms with Gasteiger partial charge in [0.15, 0.2) is 0 Å². The molecule has 6 heteroatoms. The fraction of sp³-hybridized carbons (Fsp3) is 0.100. The van der Waals surface area contributed by atoms with Gasteiger partial charge in [-0.15, -0.1) is 0 Å². The molecule has 0 spiro atoms. The fourth-order valence-corrected chi connectivity index (χ4v) is 1.20. The highest BCUT2D eigenvalue weighted by molar-refractivity contribution is 6.06. The Labute approximate surface area is 91.9 Å². The number of aryl methyl sites for hydroxylation is 1. The van der Waals surface area contributed by atoms with Crippen molar-refractivity contribution in [2.75, 3.05) is 11.1 Å². The van der Waals surface area contributed by atoms with Crippen LogP contribution in [0.5, 0.6) is 0 Å². The van der Waals surface area contributed by atoms with Gasteiger partial charge >= 0.3 is 0 Å². The first-order chi connectivity index (χ1) is 7.66. The number of H-pyrrole nitrogens is 1. The van der Waals surface area contributed by atoms with Crippen LogP contribution in [0.2, 0.25) is 0 Å². The van der Waals surface area contributed by atoms with Crippen LogP contribution in [0, 0.1) is 6.92 Å². The number of hydrogen-bond donors (Lipinski definition) is 3. The van der Waals surface area contributed by atoms with Crippen molar-refractivity contribution in [3.63, 3.8) is 0 Å². The average Bonchev–Trinajstić information content (AvgIpc) is 2.68. The summed E-state index contributed by atoms with van der Waals surface area (Å²) in [5.74, 6) is 0.392. The number of aromatic amines is 1. The molecule has 0 radical (unpaired) electrons. The lowest BCUT2D eigenvalue weighted by atomic mass is 10.3. The van der Waals surface area contributed by atoms with E-state index in [4.69, 9.17) is 5.73 Å². The number of nitrogens with one attached hydrogen (secondary N) is 2. The van der Waals surface area contributed by atoms with Crippen molar-refractivity contribution in [3.05, 3.63) is 35.7 Å². The predicted octanol–water partition coefficient (Wildman–Crippen LogP) is 0.948. The van der Waals surface area contributed by atoms with E-state index < -0.39 is 0 Å². The van der Waals surface area contributed by atoms with Crippen molar-refractivity contribution < 1.29 is 4.79 Å². The number of nitrogens with two attached hydrogens (primary N) is 1. The van der Waals surface area contributed by atoms with Gasteiger partial charge < -0.3 is 11.1 Å². The normalized spacial score (nSPS) is 10.1. The molecule has 0 atom stereocenters. The number of nitrogens with zero attached hydrogens (tertiary/aromatic N) is 2. The number of carbonyl (C=O) groups excluding carboxylic acids is 1. The molecule has 0 saturated carbocycles. The molecule has 2 heterocycles. The maximum Gasteiger partial charge on any atom is 0.262 e. The molecule has 0 fully saturated rings. The highest BCUT2D eigenvalue weighted by Gasteiger charge is 2.11. The summed E-state index contributed by atoms with van der Waals surface area (Å²) in [6, 6.07) is 3.59. The van der Waals surface area contributed by atoms with Gasteiger partial charge in [-0.05, 0) is 18.6 Å². The van der Waals surface area contributed by atoms with Gasteiger partial charge in [0.05, 0.1) is 6.20 Å². The van der Waals surface area contributed by atoms with Crippen LogP contribution in [0.1, 0.15) is 15.9 Å². The zero-order valence-electron chi connectivity index (χ0n) is 8.69. The fourth-order valence-electron chi connectivity index (χ4n) is 1.20. The highest BCUT2D eigenvalue weighted by atomic mass is 16.1. The van der Waals surface area contributed by atoms with E-state index in [0.29, 0.717) is 11.4 Å². The van der Waals surface area contributed by atoms with Gasteiger partial charge in [-0.2, -0.15) is 5.10 Å². The predicted molar refractivity (Wildman–Crippen MR) is 59.9 cm³/mol. The molecule has 2 aromatic rings. The van der Waals surface area contributed by atoms with Gasteiger partial charge in [0.1, 0.15) is 17.2 Å². The van der Waals surface area contributed by atoms with Crippen LogP contribution in [-0.4, -0.2) is 21.1 Å². The van der Waals surface area contributed by atoms with E-state index >= 15 is 0 Å². The molecule has 4 N–H and O–H groups in total. The number of rotatable bonds is 2. The quantitative estimate of drug-likeness (QED) is 0.697. The Morgan fingerprint density at radius 3 is 2.81 bits per heavy atom. The monoisotopic (exact) mass is 217 g/mol. The SMILES string of the molecule is Cc1ccc(NC(=O)c2cn[nH]c2N)nc1. The maximum absolute atomic E-state index is 11.7. The molecule has 0 saturated heterocycles. The van der Waals surface area contributed by atoms with Crippen molar-refractivity contribution in [3.8, 4) is 0 Å². The van der Waals surface area contributed by atoms with Crippen LogP contribution in [0.4, 0.5) is 11.6 Å². The second-order valence-electron chi connectivity index (χ2n) is 3.37. The average molecular weight is 217 g/mol. The van der Waals surface area contributed by atoms with Crippen LogP contribution in [-0.2, 0) is 0 Å². The molecular formula is C10H11N5O. The second-order valence-corrected chi connectivity index (χ2v) is 3.37. The molecule has 6 nitrogen and oxygen atoms in total. The summed E-state index contributed by atoms with van der Waals surface area (Å²) < 4.78 is 0. The summed E-state index contributed by atoms with van der Waals surface area (Å²) in [6.45, 7) is 1.92. The summed E-state index contributed by atoms with van der Waals surface area (Å²) in [7, 11) is 0. The molecular weight excluding hydrogens is 206 g/mol. The molecule has 0 aliphatic carbocycles. The van der Waals surface area contributed by atoms with Gasteiger partial charge in [0.25, 0.3) is 5.91 Å².